The number of nitrogens with zero attached hydrogens (tertiary/aromatic N) is 1. The smallest absolute Gasteiger partial charge is 0.0995 e. The van der Waals surface area contributed by atoms with Gasteiger partial charge < -0.3 is 5.32 Å². The molecule has 1 aliphatic carbocycles. The van der Waals surface area contributed by atoms with Crippen LogP contribution in [0.5, 0.6) is 0 Å². The summed E-state index contributed by atoms with van der Waals surface area (Å²) >= 11 is 0. The van der Waals surface area contributed by atoms with E-state index in [0.717, 1.165) is 30.6 Å². The van der Waals surface area contributed by atoms with Gasteiger partial charge in [0.1, 0.15) is 0 Å². The molecule has 18 heavy (non-hydrogen) atoms. The molecule has 2 rings (SSSR count). The Morgan fingerprint density at radius 1 is 1.22 bits per heavy atom. The number of nitrogens with one attached hydrogen (secondary N) is 1. The fourth-order valence-electron chi connectivity index (χ4n) is 2.39. The van der Waals surface area contributed by atoms with Crippen molar-refractivity contribution in [3.05, 3.63) is 47.0 Å². The molecule has 0 unspecified atom stereocenters. The van der Waals surface area contributed by atoms with Crippen LogP contribution in [0.15, 0.2) is 35.9 Å². The van der Waals surface area contributed by atoms with E-state index >= 15 is 0 Å². The zero-order valence-corrected chi connectivity index (χ0v) is 10.8. The van der Waals surface area contributed by atoms with E-state index < -0.39 is 0 Å². The molecule has 0 saturated heterocycles. The fraction of sp³-hybridized carbons (Fsp3) is 0.438. The first kappa shape index (κ1) is 12.9. The van der Waals surface area contributed by atoms with Gasteiger partial charge in [-0.3, -0.25) is 0 Å². The first-order chi connectivity index (χ1) is 8.90. The summed E-state index contributed by atoms with van der Waals surface area (Å²) in [5.41, 5.74) is 3.47. The van der Waals surface area contributed by atoms with Crippen molar-refractivity contribution in [2.45, 2.75) is 38.6 Å². The van der Waals surface area contributed by atoms with E-state index in [9.17, 15) is 0 Å². The van der Waals surface area contributed by atoms with Crippen molar-refractivity contribution in [1.82, 2.24) is 5.32 Å². The monoisotopic (exact) mass is 240 g/mol. The van der Waals surface area contributed by atoms with E-state index in [-0.39, 0.29) is 0 Å². The Morgan fingerprint density at radius 2 is 2.11 bits per heavy atom. The lowest BCUT2D eigenvalue weighted by Crippen LogP contribution is -2.16. The third-order valence-electron chi connectivity index (χ3n) is 3.46. The van der Waals surface area contributed by atoms with E-state index in [0.29, 0.717) is 0 Å². The maximum atomic E-state index is 8.99. The van der Waals surface area contributed by atoms with Gasteiger partial charge >= 0.3 is 0 Å². The predicted octanol–water partition coefficient (Wildman–Crippen LogP) is 3.54. The van der Waals surface area contributed by atoms with Crippen molar-refractivity contribution in [3.63, 3.8) is 0 Å². The fourth-order valence-corrected chi connectivity index (χ4v) is 2.39. The third kappa shape index (κ3) is 3.72. The summed E-state index contributed by atoms with van der Waals surface area (Å²) in [7, 11) is 0. The number of rotatable bonds is 5. The number of benzene rings is 1. The van der Waals surface area contributed by atoms with Gasteiger partial charge in [0.05, 0.1) is 11.6 Å². The number of hydrogen-bond donors (Lipinski definition) is 1. The Balaban J connectivity index is 1.75. The van der Waals surface area contributed by atoms with Crippen molar-refractivity contribution in [3.8, 4) is 6.07 Å². The minimum absolute atomic E-state index is 0.780. The highest BCUT2D eigenvalue weighted by Crippen LogP contribution is 2.19. The van der Waals surface area contributed by atoms with Gasteiger partial charge in [-0.05, 0) is 50.3 Å². The zero-order valence-electron chi connectivity index (χ0n) is 10.8. The predicted molar refractivity (Wildman–Crippen MR) is 74.0 cm³/mol. The van der Waals surface area contributed by atoms with E-state index in [2.05, 4.69) is 17.5 Å². The van der Waals surface area contributed by atoms with Crippen LogP contribution < -0.4 is 5.32 Å². The minimum Gasteiger partial charge on any atom is -0.312 e. The van der Waals surface area contributed by atoms with Gasteiger partial charge in [0.25, 0.3) is 0 Å². The summed E-state index contributed by atoms with van der Waals surface area (Å²) in [6, 6.07) is 10.0. The molecule has 94 valence electrons. The number of nitriles is 1. The van der Waals surface area contributed by atoms with Crippen molar-refractivity contribution >= 4 is 0 Å². The summed E-state index contributed by atoms with van der Waals surface area (Å²) in [6.07, 6.45) is 8.78. The molecule has 0 amide bonds. The van der Waals surface area contributed by atoms with Crippen molar-refractivity contribution in [1.29, 1.82) is 5.26 Å². The molecule has 0 saturated carbocycles. The average molecular weight is 240 g/mol. The van der Waals surface area contributed by atoms with Crippen molar-refractivity contribution in [2.75, 3.05) is 6.54 Å². The van der Waals surface area contributed by atoms with Crippen LogP contribution in [0.25, 0.3) is 0 Å². The standard InChI is InChI=1S/C16H20N2/c17-12-15-8-4-5-9-16(15)13-18-11-10-14-6-2-1-3-7-14/h4-6,8-9,18H,1-3,7,10-11,13H2. The van der Waals surface area contributed by atoms with Crippen LogP contribution in [0.4, 0.5) is 0 Å². The van der Waals surface area contributed by atoms with Gasteiger partial charge in [-0.25, -0.2) is 0 Å². The lowest BCUT2D eigenvalue weighted by atomic mass is 9.97. The minimum atomic E-state index is 0.780. The van der Waals surface area contributed by atoms with Gasteiger partial charge in [-0.15, -0.1) is 0 Å². The Labute approximate surface area is 109 Å². The Kier molecular flexibility index (Phi) is 4.99. The molecule has 1 aromatic carbocycles. The van der Waals surface area contributed by atoms with E-state index in [1.54, 1.807) is 5.57 Å². The normalized spacial score (nSPS) is 14.9. The zero-order chi connectivity index (χ0) is 12.6. The average Bonchev–Trinajstić information content (AvgIpc) is 2.45. The van der Waals surface area contributed by atoms with Gasteiger partial charge in [0.2, 0.25) is 0 Å². The SMILES string of the molecule is N#Cc1ccccc1CNCCC1=CCCCC1. The summed E-state index contributed by atoms with van der Waals surface area (Å²) in [4.78, 5) is 0. The molecule has 0 radical (unpaired) electrons. The summed E-state index contributed by atoms with van der Waals surface area (Å²) < 4.78 is 0. The van der Waals surface area contributed by atoms with Gasteiger partial charge in [-0.2, -0.15) is 5.26 Å². The van der Waals surface area contributed by atoms with Crippen molar-refractivity contribution in [2.24, 2.45) is 0 Å². The summed E-state index contributed by atoms with van der Waals surface area (Å²) in [5.74, 6) is 0. The molecule has 0 aromatic heterocycles. The van der Waals surface area contributed by atoms with Crippen LogP contribution in [0, 0.1) is 11.3 Å². The molecule has 2 nitrogen and oxygen atoms in total. The van der Waals surface area contributed by atoms with Crippen LogP contribution in [0.1, 0.15) is 43.2 Å². The topological polar surface area (TPSA) is 35.8 Å². The Bertz CT molecular complexity index is 454. The molecule has 1 N–H and O–H groups in total. The first-order valence-corrected chi connectivity index (χ1v) is 6.77. The largest absolute Gasteiger partial charge is 0.312 e. The van der Waals surface area contributed by atoms with E-state index in [1.165, 1.54) is 25.7 Å². The molecule has 0 bridgehead atoms. The molecule has 1 aromatic rings. The second kappa shape index (κ2) is 6.98. The second-order valence-corrected chi connectivity index (χ2v) is 4.80. The molecule has 0 spiro atoms. The lowest BCUT2D eigenvalue weighted by Gasteiger charge is -2.13. The summed E-state index contributed by atoms with van der Waals surface area (Å²) in [5, 5.41) is 12.4. The molecule has 2 heteroatoms. The van der Waals surface area contributed by atoms with Gasteiger partial charge in [-0.1, -0.05) is 29.8 Å². The van der Waals surface area contributed by atoms with Crippen LogP contribution in [-0.2, 0) is 6.54 Å². The molecular weight excluding hydrogens is 220 g/mol. The maximum absolute atomic E-state index is 8.99. The molecule has 0 atom stereocenters. The highest BCUT2D eigenvalue weighted by atomic mass is 14.8. The van der Waals surface area contributed by atoms with Crippen LogP contribution in [-0.4, -0.2) is 6.54 Å². The Hall–Kier alpha value is -1.59. The molecule has 1 aliphatic rings. The number of hydrogen-bond acceptors (Lipinski definition) is 2. The van der Waals surface area contributed by atoms with Gasteiger partial charge in [0.15, 0.2) is 0 Å². The lowest BCUT2D eigenvalue weighted by molar-refractivity contribution is 0.632. The highest BCUT2D eigenvalue weighted by Gasteiger charge is 2.03. The second-order valence-electron chi connectivity index (χ2n) is 4.80. The molecule has 0 fully saturated rings. The van der Waals surface area contributed by atoms with Crippen LogP contribution in [0.3, 0.4) is 0 Å². The highest BCUT2D eigenvalue weighted by molar-refractivity contribution is 5.37. The Morgan fingerprint density at radius 3 is 2.89 bits per heavy atom. The quantitative estimate of drug-likeness (QED) is 0.631. The van der Waals surface area contributed by atoms with E-state index in [4.69, 9.17) is 5.26 Å². The molecular formula is C16H20N2. The van der Waals surface area contributed by atoms with Crippen LogP contribution in [0.2, 0.25) is 0 Å². The van der Waals surface area contributed by atoms with Crippen LogP contribution >= 0.6 is 0 Å². The summed E-state index contributed by atoms with van der Waals surface area (Å²) in [6.45, 7) is 1.79. The number of allylic oxidation sites excluding steroid dienone is 1. The maximum Gasteiger partial charge on any atom is 0.0995 e. The first-order valence-electron chi connectivity index (χ1n) is 6.77. The van der Waals surface area contributed by atoms with Gasteiger partial charge in [0, 0.05) is 6.54 Å². The third-order valence-corrected chi connectivity index (χ3v) is 3.46. The molecule has 0 aliphatic heterocycles. The van der Waals surface area contributed by atoms with E-state index in [1.807, 2.05) is 24.3 Å². The molecule has 0 heterocycles. The van der Waals surface area contributed by atoms with Crippen molar-refractivity contribution < 1.29 is 0 Å².